The largest absolute Gasteiger partial charge is 0.478 e. The van der Waals surface area contributed by atoms with Crippen LogP contribution in [0.3, 0.4) is 0 Å². The van der Waals surface area contributed by atoms with E-state index in [9.17, 15) is 14.0 Å². The maximum Gasteiger partial charge on any atom is 0.411 e. The van der Waals surface area contributed by atoms with Gasteiger partial charge in [-0.15, -0.1) is 0 Å². The highest BCUT2D eigenvalue weighted by Gasteiger charge is 2.14. The highest BCUT2D eigenvalue weighted by Crippen LogP contribution is 2.20. The molecule has 0 spiro atoms. The van der Waals surface area contributed by atoms with Crippen LogP contribution in [-0.2, 0) is 4.74 Å². The predicted molar refractivity (Wildman–Crippen MR) is 63.3 cm³/mol. The number of hydrogen-bond acceptors (Lipinski definition) is 3. The summed E-state index contributed by atoms with van der Waals surface area (Å²) < 4.78 is 18.1. The number of hydrogen-bond donors (Lipinski definition) is 2. The number of benzene rings is 1. The summed E-state index contributed by atoms with van der Waals surface area (Å²) in [6.07, 6.45) is 0.626. The number of aryl methyl sites for hydroxylation is 1. The summed E-state index contributed by atoms with van der Waals surface area (Å²) in [4.78, 5) is 21.9. The summed E-state index contributed by atoms with van der Waals surface area (Å²) >= 11 is 0. The Kier molecular flexibility index (Phi) is 4.42. The van der Waals surface area contributed by atoms with Crippen molar-refractivity contribution in [3.8, 4) is 0 Å². The topological polar surface area (TPSA) is 75.6 Å². The summed E-state index contributed by atoms with van der Waals surface area (Å²) in [5, 5.41) is 11.0. The average Bonchev–Trinajstić information content (AvgIpc) is 2.30. The fraction of sp³-hybridized carbons (Fsp3) is 0.167. The molecular formula is C12H12FNO4. The van der Waals surface area contributed by atoms with Crippen molar-refractivity contribution in [3.63, 3.8) is 0 Å². The number of carbonyl (C=O) groups excluding carboxylic acids is 1. The molecule has 0 saturated carbocycles. The summed E-state index contributed by atoms with van der Waals surface area (Å²) in [6.45, 7) is 4.95. The minimum Gasteiger partial charge on any atom is -0.478 e. The monoisotopic (exact) mass is 253 g/mol. The van der Waals surface area contributed by atoms with Crippen molar-refractivity contribution in [1.29, 1.82) is 0 Å². The van der Waals surface area contributed by atoms with E-state index < -0.39 is 23.4 Å². The van der Waals surface area contributed by atoms with E-state index in [0.717, 1.165) is 12.1 Å². The Hall–Kier alpha value is -2.37. The summed E-state index contributed by atoms with van der Waals surface area (Å²) in [5.41, 5.74) is 0.133. The lowest BCUT2D eigenvalue weighted by Crippen LogP contribution is -2.15. The van der Waals surface area contributed by atoms with E-state index in [1.807, 2.05) is 0 Å². The number of rotatable bonds is 4. The van der Waals surface area contributed by atoms with Crippen LogP contribution in [0.25, 0.3) is 0 Å². The molecule has 1 aromatic carbocycles. The number of ether oxygens (including phenoxy) is 1. The number of carbonyl (C=O) groups is 2. The fourth-order valence-corrected chi connectivity index (χ4v) is 1.26. The van der Waals surface area contributed by atoms with Gasteiger partial charge in [-0.25, -0.2) is 14.0 Å². The molecule has 0 saturated heterocycles. The van der Waals surface area contributed by atoms with E-state index in [0.29, 0.717) is 5.56 Å². The highest BCUT2D eigenvalue weighted by molar-refractivity contribution is 5.91. The maximum absolute atomic E-state index is 13.4. The van der Waals surface area contributed by atoms with Gasteiger partial charge in [0.2, 0.25) is 0 Å². The Balaban J connectivity index is 2.91. The van der Waals surface area contributed by atoms with Crippen molar-refractivity contribution >= 4 is 17.7 Å². The zero-order valence-electron chi connectivity index (χ0n) is 9.70. The Morgan fingerprint density at radius 1 is 1.56 bits per heavy atom. The van der Waals surface area contributed by atoms with Gasteiger partial charge in [0, 0.05) is 5.69 Å². The standard InChI is InChI=1S/C12H12FNO4/c1-3-4-18-12(17)14-10-6-9(13)8(11(15)16)5-7(10)2/h3,5-6H,1,4H2,2H3,(H,14,17)(H,15,16). The molecule has 0 unspecified atom stereocenters. The smallest absolute Gasteiger partial charge is 0.411 e. The van der Waals surface area contributed by atoms with E-state index in [4.69, 9.17) is 5.11 Å². The van der Waals surface area contributed by atoms with Crippen LogP contribution in [-0.4, -0.2) is 23.8 Å². The van der Waals surface area contributed by atoms with E-state index in [-0.39, 0.29) is 12.3 Å². The van der Waals surface area contributed by atoms with Crippen LogP contribution in [0, 0.1) is 12.7 Å². The van der Waals surface area contributed by atoms with E-state index in [2.05, 4.69) is 16.6 Å². The molecule has 18 heavy (non-hydrogen) atoms. The number of halogens is 1. The van der Waals surface area contributed by atoms with E-state index in [1.165, 1.54) is 6.08 Å². The van der Waals surface area contributed by atoms with Crippen LogP contribution >= 0.6 is 0 Å². The number of carboxylic acids is 1. The molecule has 2 N–H and O–H groups in total. The first-order chi connectivity index (χ1) is 8.45. The third kappa shape index (κ3) is 3.31. The molecule has 0 bridgehead atoms. The van der Waals surface area contributed by atoms with E-state index in [1.54, 1.807) is 6.92 Å². The third-order valence-corrected chi connectivity index (χ3v) is 2.11. The molecule has 1 amide bonds. The van der Waals surface area contributed by atoms with Crippen LogP contribution in [0.2, 0.25) is 0 Å². The SMILES string of the molecule is C=CCOC(=O)Nc1cc(F)c(C(=O)O)cc1C. The lowest BCUT2D eigenvalue weighted by atomic mass is 10.1. The zero-order valence-corrected chi connectivity index (χ0v) is 9.70. The molecule has 0 aliphatic carbocycles. The minimum atomic E-state index is -1.36. The molecular weight excluding hydrogens is 241 g/mol. The number of anilines is 1. The molecule has 0 fully saturated rings. The van der Waals surface area contributed by atoms with Gasteiger partial charge in [-0.3, -0.25) is 5.32 Å². The second-order valence-corrected chi connectivity index (χ2v) is 3.46. The van der Waals surface area contributed by atoms with Gasteiger partial charge in [0.05, 0.1) is 5.56 Å². The van der Waals surface area contributed by atoms with Gasteiger partial charge in [-0.05, 0) is 24.6 Å². The Bertz CT molecular complexity index is 499. The first kappa shape index (κ1) is 13.7. The molecule has 0 aromatic heterocycles. The molecule has 0 aliphatic heterocycles. The first-order valence-corrected chi connectivity index (χ1v) is 5.03. The minimum absolute atomic E-state index is 0.0283. The Labute approximate surface area is 103 Å². The molecule has 5 nitrogen and oxygen atoms in total. The van der Waals surface area contributed by atoms with Gasteiger partial charge < -0.3 is 9.84 Å². The first-order valence-electron chi connectivity index (χ1n) is 5.03. The van der Waals surface area contributed by atoms with Crippen LogP contribution in [0.4, 0.5) is 14.9 Å². The second kappa shape index (κ2) is 5.81. The van der Waals surface area contributed by atoms with Crippen LogP contribution < -0.4 is 5.32 Å². The van der Waals surface area contributed by atoms with Crippen molar-refractivity contribution in [1.82, 2.24) is 0 Å². The molecule has 1 rings (SSSR count). The van der Waals surface area contributed by atoms with Crippen molar-refractivity contribution in [2.24, 2.45) is 0 Å². The van der Waals surface area contributed by atoms with Gasteiger partial charge in [-0.2, -0.15) is 0 Å². The van der Waals surface area contributed by atoms with E-state index >= 15 is 0 Å². The summed E-state index contributed by atoms with van der Waals surface area (Å²) in [7, 11) is 0. The van der Waals surface area contributed by atoms with Gasteiger partial charge >= 0.3 is 12.1 Å². The van der Waals surface area contributed by atoms with Gasteiger partial charge in [-0.1, -0.05) is 12.7 Å². The van der Waals surface area contributed by atoms with Crippen LogP contribution in [0.5, 0.6) is 0 Å². The second-order valence-electron chi connectivity index (χ2n) is 3.46. The molecule has 0 atom stereocenters. The number of nitrogens with one attached hydrogen (secondary N) is 1. The molecule has 6 heteroatoms. The normalized spacial score (nSPS) is 9.67. The summed E-state index contributed by atoms with van der Waals surface area (Å²) in [5.74, 6) is -2.29. The Morgan fingerprint density at radius 3 is 2.78 bits per heavy atom. The molecule has 96 valence electrons. The Morgan fingerprint density at radius 2 is 2.22 bits per heavy atom. The van der Waals surface area contributed by atoms with Crippen molar-refractivity contribution in [2.45, 2.75) is 6.92 Å². The lowest BCUT2D eigenvalue weighted by Gasteiger charge is -2.09. The average molecular weight is 253 g/mol. The van der Waals surface area contributed by atoms with Crippen molar-refractivity contribution in [3.05, 3.63) is 41.7 Å². The summed E-state index contributed by atoms with van der Waals surface area (Å²) in [6, 6.07) is 2.08. The van der Waals surface area contributed by atoms with Crippen LogP contribution in [0.1, 0.15) is 15.9 Å². The van der Waals surface area contributed by atoms with Gasteiger partial charge in [0.25, 0.3) is 0 Å². The number of carboxylic acid groups (broad SMARTS) is 1. The molecule has 0 radical (unpaired) electrons. The van der Waals surface area contributed by atoms with Crippen molar-refractivity contribution < 1.29 is 23.8 Å². The van der Waals surface area contributed by atoms with Crippen molar-refractivity contribution in [2.75, 3.05) is 11.9 Å². The predicted octanol–water partition coefficient (Wildman–Crippen LogP) is 2.57. The lowest BCUT2D eigenvalue weighted by molar-refractivity contribution is 0.0692. The van der Waals surface area contributed by atoms with Gasteiger partial charge in [0.1, 0.15) is 12.4 Å². The molecule has 0 heterocycles. The zero-order chi connectivity index (χ0) is 13.7. The molecule has 1 aromatic rings. The highest BCUT2D eigenvalue weighted by atomic mass is 19.1. The quantitative estimate of drug-likeness (QED) is 0.808. The third-order valence-electron chi connectivity index (χ3n) is 2.11. The fourth-order valence-electron chi connectivity index (χ4n) is 1.26. The van der Waals surface area contributed by atoms with Crippen LogP contribution in [0.15, 0.2) is 24.8 Å². The number of aromatic carboxylic acids is 1. The number of amides is 1. The maximum atomic E-state index is 13.4. The molecule has 0 aliphatic rings. The van der Waals surface area contributed by atoms with Gasteiger partial charge in [0.15, 0.2) is 0 Å².